The number of primary amides is 1. The number of carbonyl (C=O) groups excluding carboxylic acids is 1. The molecule has 0 aromatic rings. The molecule has 0 aromatic heterocycles. The van der Waals surface area contributed by atoms with E-state index in [4.69, 9.17) is 10.8 Å². The molecule has 1 atom stereocenters. The maximum Gasteiger partial charge on any atom is 0.236 e. The van der Waals surface area contributed by atoms with E-state index in [2.05, 4.69) is 5.32 Å². The molecule has 0 bridgehead atoms. The molecule has 1 unspecified atom stereocenters. The molecule has 4 nitrogen and oxygen atoms in total. The van der Waals surface area contributed by atoms with E-state index in [1.807, 2.05) is 0 Å². The molecule has 1 aliphatic carbocycles. The van der Waals surface area contributed by atoms with Gasteiger partial charge in [0.15, 0.2) is 0 Å². The number of aliphatic hydroxyl groups excluding tert-OH is 1. The zero-order valence-corrected chi connectivity index (χ0v) is 7.83. The summed E-state index contributed by atoms with van der Waals surface area (Å²) in [5, 5.41) is 11.9. The average Bonchev–Trinajstić information content (AvgIpc) is 2.15. The highest BCUT2D eigenvalue weighted by Crippen LogP contribution is 2.17. The maximum atomic E-state index is 10.8. The first-order chi connectivity index (χ1) is 6.24. The van der Waals surface area contributed by atoms with Crippen LogP contribution in [0.25, 0.3) is 0 Å². The zero-order chi connectivity index (χ0) is 9.68. The van der Waals surface area contributed by atoms with Crippen molar-refractivity contribution in [3.8, 4) is 0 Å². The van der Waals surface area contributed by atoms with Gasteiger partial charge in [0.25, 0.3) is 0 Å². The summed E-state index contributed by atoms with van der Waals surface area (Å²) in [7, 11) is 0. The lowest BCUT2D eigenvalue weighted by molar-refractivity contribution is -0.121. The van der Waals surface area contributed by atoms with Gasteiger partial charge in [-0.1, -0.05) is 19.3 Å². The van der Waals surface area contributed by atoms with Gasteiger partial charge in [0.05, 0.1) is 6.61 Å². The fraction of sp³-hybridized carbons (Fsp3) is 0.889. The van der Waals surface area contributed by atoms with E-state index in [0.717, 1.165) is 12.8 Å². The van der Waals surface area contributed by atoms with Crippen LogP contribution in [0.4, 0.5) is 0 Å². The summed E-state index contributed by atoms with van der Waals surface area (Å²) < 4.78 is 0. The van der Waals surface area contributed by atoms with Gasteiger partial charge in [-0.2, -0.15) is 0 Å². The van der Waals surface area contributed by atoms with Crippen molar-refractivity contribution in [2.75, 3.05) is 6.61 Å². The first-order valence-corrected chi connectivity index (χ1v) is 4.90. The third-order valence-electron chi connectivity index (χ3n) is 2.57. The molecule has 4 heteroatoms. The molecule has 1 rings (SSSR count). The topological polar surface area (TPSA) is 75.4 Å². The number of hydrogen-bond donors (Lipinski definition) is 3. The van der Waals surface area contributed by atoms with Crippen molar-refractivity contribution in [2.24, 2.45) is 5.73 Å². The van der Waals surface area contributed by atoms with Crippen LogP contribution in [0.2, 0.25) is 0 Å². The number of hydrogen-bond acceptors (Lipinski definition) is 3. The summed E-state index contributed by atoms with van der Waals surface area (Å²) in [4.78, 5) is 10.8. The van der Waals surface area contributed by atoms with E-state index in [0.29, 0.717) is 6.04 Å². The fourth-order valence-electron chi connectivity index (χ4n) is 1.78. The van der Waals surface area contributed by atoms with Crippen LogP contribution >= 0.6 is 0 Å². The summed E-state index contributed by atoms with van der Waals surface area (Å²) >= 11 is 0. The van der Waals surface area contributed by atoms with E-state index >= 15 is 0 Å². The molecular formula is C9H18N2O2. The lowest BCUT2D eigenvalue weighted by Gasteiger charge is -2.25. The van der Waals surface area contributed by atoms with Gasteiger partial charge in [0.2, 0.25) is 5.91 Å². The molecule has 1 saturated carbocycles. The number of rotatable bonds is 4. The number of carbonyl (C=O) groups is 1. The monoisotopic (exact) mass is 186 g/mol. The predicted octanol–water partition coefficient (Wildman–Crippen LogP) is -0.245. The van der Waals surface area contributed by atoms with Gasteiger partial charge in [0.1, 0.15) is 6.04 Å². The van der Waals surface area contributed by atoms with E-state index < -0.39 is 11.9 Å². The molecule has 1 fully saturated rings. The Labute approximate surface area is 78.5 Å². The fourth-order valence-corrected chi connectivity index (χ4v) is 1.78. The first-order valence-electron chi connectivity index (χ1n) is 4.90. The minimum Gasteiger partial charge on any atom is -0.394 e. The Morgan fingerprint density at radius 2 is 2.08 bits per heavy atom. The molecular weight excluding hydrogens is 168 g/mol. The summed E-state index contributed by atoms with van der Waals surface area (Å²) in [5.74, 6) is -0.465. The van der Waals surface area contributed by atoms with Crippen LogP contribution < -0.4 is 11.1 Å². The van der Waals surface area contributed by atoms with Gasteiger partial charge in [-0.25, -0.2) is 0 Å². The van der Waals surface area contributed by atoms with E-state index in [-0.39, 0.29) is 6.61 Å². The largest absolute Gasteiger partial charge is 0.394 e. The summed E-state index contributed by atoms with van der Waals surface area (Å²) in [6.45, 7) is -0.203. The Morgan fingerprint density at radius 1 is 1.46 bits per heavy atom. The second-order valence-electron chi connectivity index (χ2n) is 3.64. The molecule has 1 aliphatic rings. The Kier molecular flexibility index (Phi) is 4.18. The third kappa shape index (κ3) is 3.32. The van der Waals surface area contributed by atoms with Crippen molar-refractivity contribution < 1.29 is 9.90 Å². The third-order valence-corrected chi connectivity index (χ3v) is 2.57. The number of nitrogens with one attached hydrogen (secondary N) is 1. The quantitative estimate of drug-likeness (QED) is 0.567. The summed E-state index contributed by atoms with van der Waals surface area (Å²) in [6.07, 6.45) is 5.86. The minimum atomic E-state index is -0.567. The Morgan fingerprint density at radius 3 is 2.54 bits per heavy atom. The lowest BCUT2D eigenvalue weighted by atomic mass is 9.95. The van der Waals surface area contributed by atoms with Crippen LogP contribution in [0.5, 0.6) is 0 Å². The molecule has 0 radical (unpaired) electrons. The Bertz CT molecular complexity index is 167. The number of nitrogens with two attached hydrogens (primary N) is 1. The molecule has 0 aromatic carbocycles. The Balaban J connectivity index is 2.31. The van der Waals surface area contributed by atoms with Crippen LogP contribution in [0, 0.1) is 0 Å². The second-order valence-corrected chi connectivity index (χ2v) is 3.64. The van der Waals surface area contributed by atoms with Gasteiger partial charge < -0.3 is 16.2 Å². The average molecular weight is 186 g/mol. The second kappa shape index (κ2) is 5.19. The van der Waals surface area contributed by atoms with Gasteiger partial charge in [0, 0.05) is 6.04 Å². The van der Waals surface area contributed by atoms with Gasteiger partial charge >= 0.3 is 0 Å². The summed E-state index contributed by atoms with van der Waals surface area (Å²) in [5.41, 5.74) is 5.10. The van der Waals surface area contributed by atoms with Gasteiger partial charge in [-0.05, 0) is 12.8 Å². The normalized spacial score (nSPS) is 21.3. The molecule has 0 heterocycles. The molecule has 13 heavy (non-hydrogen) atoms. The van der Waals surface area contributed by atoms with E-state index in [1.54, 1.807) is 0 Å². The van der Waals surface area contributed by atoms with Crippen molar-refractivity contribution >= 4 is 5.91 Å². The smallest absolute Gasteiger partial charge is 0.236 e. The number of amides is 1. The van der Waals surface area contributed by atoms with Crippen LogP contribution in [0.15, 0.2) is 0 Å². The molecule has 0 aliphatic heterocycles. The predicted molar refractivity (Wildman–Crippen MR) is 50.1 cm³/mol. The first kappa shape index (κ1) is 10.5. The van der Waals surface area contributed by atoms with Gasteiger partial charge in [-0.15, -0.1) is 0 Å². The standard InChI is InChI=1S/C9H18N2O2/c10-9(13)8(6-12)11-7-4-2-1-3-5-7/h7-8,11-12H,1-6H2,(H2,10,13). The van der Waals surface area contributed by atoms with Crippen molar-refractivity contribution in [3.63, 3.8) is 0 Å². The van der Waals surface area contributed by atoms with Crippen molar-refractivity contribution in [1.82, 2.24) is 5.32 Å². The zero-order valence-electron chi connectivity index (χ0n) is 7.83. The summed E-state index contributed by atoms with van der Waals surface area (Å²) in [6, 6.07) is -0.207. The van der Waals surface area contributed by atoms with Crippen molar-refractivity contribution in [2.45, 2.75) is 44.2 Å². The van der Waals surface area contributed by atoms with Crippen molar-refractivity contribution in [1.29, 1.82) is 0 Å². The minimum absolute atomic E-state index is 0.203. The van der Waals surface area contributed by atoms with Crippen LogP contribution in [0.3, 0.4) is 0 Å². The lowest BCUT2D eigenvalue weighted by Crippen LogP contribution is -2.49. The molecule has 0 spiro atoms. The molecule has 76 valence electrons. The van der Waals surface area contributed by atoms with Crippen LogP contribution in [-0.2, 0) is 4.79 Å². The SMILES string of the molecule is NC(=O)C(CO)NC1CCCCC1. The highest BCUT2D eigenvalue weighted by molar-refractivity contribution is 5.79. The van der Waals surface area contributed by atoms with Crippen LogP contribution in [-0.4, -0.2) is 29.7 Å². The van der Waals surface area contributed by atoms with Crippen molar-refractivity contribution in [3.05, 3.63) is 0 Å². The molecule has 1 amide bonds. The molecule has 4 N–H and O–H groups in total. The maximum absolute atomic E-state index is 10.8. The Hall–Kier alpha value is -0.610. The van der Waals surface area contributed by atoms with E-state index in [9.17, 15) is 4.79 Å². The van der Waals surface area contributed by atoms with E-state index in [1.165, 1.54) is 19.3 Å². The van der Waals surface area contributed by atoms with Crippen LogP contribution in [0.1, 0.15) is 32.1 Å². The highest BCUT2D eigenvalue weighted by atomic mass is 16.3. The molecule has 0 saturated heterocycles. The number of aliphatic hydroxyl groups is 1. The van der Waals surface area contributed by atoms with Gasteiger partial charge in [-0.3, -0.25) is 4.79 Å². The highest BCUT2D eigenvalue weighted by Gasteiger charge is 2.20.